The fourth-order valence-corrected chi connectivity index (χ4v) is 8.71. The number of carbonyl (C=O) groups is 1. The van der Waals surface area contributed by atoms with Crippen LogP contribution in [0.4, 0.5) is 0 Å². The van der Waals surface area contributed by atoms with E-state index in [1.165, 1.54) is 19.3 Å². The van der Waals surface area contributed by atoms with Crippen LogP contribution < -0.4 is 0 Å². The first kappa shape index (κ1) is 33.5. The van der Waals surface area contributed by atoms with Gasteiger partial charge in [0.05, 0.1) is 12.7 Å². The molecule has 1 atom stereocenters. The quantitative estimate of drug-likeness (QED) is 0.340. The Morgan fingerprint density at radius 3 is 1.87 bits per heavy atom. The molecule has 1 amide bonds. The Labute approximate surface area is 235 Å². The van der Waals surface area contributed by atoms with Gasteiger partial charge in [-0.15, -0.1) is 0 Å². The minimum absolute atomic E-state index is 0.0685. The molecule has 0 bridgehead atoms. The van der Waals surface area contributed by atoms with Gasteiger partial charge >= 0.3 is 0 Å². The van der Waals surface area contributed by atoms with Crippen LogP contribution in [0, 0.1) is 0 Å². The molecule has 6 nitrogen and oxygen atoms in total. The molecule has 0 aromatic carbocycles. The predicted octanol–water partition coefficient (Wildman–Crippen LogP) is 6.59. The van der Waals surface area contributed by atoms with E-state index < -0.39 is 6.10 Å². The molecule has 2 fully saturated rings. The summed E-state index contributed by atoms with van der Waals surface area (Å²) in [5.41, 5.74) is -0.491. The van der Waals surface area contributed by atoms with Gasteiger partial charge < -0.3 is 14.7 Å². The molecule has 2 aliphatic heterocycles. The highest BCUT2D eigenvalue weighted by Crippen LogP contribution is 2.47. The summed E-state index contributed by atoms with van der Waals surface area (Å²) in [5.74, 6) is 0.0694. The van der Waals surface area contributed by atoms with Gasteiger partial charge in [0, 0.05) is 46.7 Å². The van der Waals surface area contributed by atoms with Crippen molar-refractivity contribution in [2.24, 2.45) is 0 Å². The summed E-state index contributed by atoms with van der Waals surface area (Å²) in [7, 11) is 0. The van der Waals surface area contributed by atoms with E-state index in [0.717, 1.165) is 25.7 Å². The molecule has 2 aliphatic rings. The number of amides is 1. The third-order valence-electron chi connectivity index (χ3n) is 9.88. The number of aliphatic hydroxyl groups is 1. The Hall–Kier alpha value is -0.690. The second kappa shape index (κ2) is 12.4. The van der Waals surface area contributed by atoms with E-state index in [9.17, 15) is 9.90 Å². The van der Waals surface area contributed by atoms with Crippen molar-refractivity contribution in [3.05, 3.63) is 0 Å². The van der Waals surface area contributed by atoms with Gasteiger partial charge in [-0.2, -0.15) is 0 Å². The SMILES string of the molecule is CCC(CC)N1C(C)(C)COCN(CC(O)CC(CC)(CC)N2C(C)(C)CCCC2(C)C)C(=O)CC1(C)C. The first-order chi connectivity index (χ1) is 17.4. The molecule has 0 aromatic heterocycles. The monoisotopic (exact) mass is 537 g/mol. The van der Waals surface area contributed by atoms with Crippen LogP contribution in [0.2, 0.25) is 0 Å². The van der Waals surface area contributed by atoms with Gasteiger partial charge in [0.1, 0.15) is 6.73 Å². The number of hydrogen-bond acceptors (Lipinski definition) is 5. The number of aliphatic hydroxyl groups excluding tert-OH is 1. The van der Waals surface area contributed by atoms with Crippen LogP contribution in [0.3, 0.4) is 0 Å². The maximum Gasteiger partial charge on any atom is 0.226 e. The van der Waals surface area contributed by atoms with E-state index in [-0.39, 0.29) is 40.3 Å². The Balaban J connectivity index is 2.30. The lowest BCUT2D eigenvalue weighted by molar-refractivity contribution is -0.144. The molecule has 0 aliphatic carbocycles. The highest BCUT2D eigenvalue weighted by atomic mass is 16.5. The summed E-state index contributed by atoms with van der Waals surface area (Å²) >= 11 is 0. The average Bonchev–Trinajstić information content (AvgIpc) is 2.81. The number of carbonyl (C=O) groups excluding carboxylic acids is 1. The molecule has 2 rings (SSSR count). The zero-order valence-electron chi connectivity index (χ0n) is 27.2. The van der Waals surface area contributed by atoms with Gasteiger partial charge in [0.2, 0.25) is 5.91 Å². The number of nitrogens with zero attached hydrogens (tertiary/aromatic N) is 3. The molecule has 0 aromatic rings. The van der Waals surface area contributed by atoms with Gasteiger partial charge in [-0.1, -0.05) is 27.7 Å². The number of ether oxygens (including phenoxy) is 1. The van der Waals surface area contributed by atoms with E-state index in [4.69, 9.17) is 4.74 Å². The molecule has 6 heteroatoms. The van der Waals surface area contributed by atoms with E-state index in [1.807, 2.05) is 0 Å². The molecule has 0 saturated carbocycles. The molecular formula is C32H63N3O3. The summed E-state index contributed by atoms with van der Waals surface area (Å²) in [5, 5.41) is 11.6. The maximum atomic E-state index is 13.7. The third kappa shape index (κ3) is 7.14. The van der Waals surface area contributed by atoms with Crippen molar-refractivity contribution in [1.29, 1.82) is 0 Å². The largest absolute Gasteiger partial charge is 0.391 e. The third-order valence-corrected chi connectivity index (χ3v) is 9.88. The minimum atomic E-state index is -0.608. The summed E-state index contributed by atoms with van der Waals surface area (Å²) in [6.45, 7) is 28.5. The first-order valence-electron chi connectivity index (χ1n) is 15.6. The van der Waals surface area contributed by atoms with Crippen molar-refractivity contribution in [1.82, 2.24) is 14.7 Å². The highest BCUT2D eigenvalue weighted by molar-refractivity contribution is 5.77. The second-order valence-electron chi connectivity index (χ2n) is 14.8. The minimum Gasteiger partial charge on any atom is -0.391 e. The van der Waals surface area contributed by atoms with Gasteiger partial charge in [0.15, 0.2) is 0 Å². The highest BCUT2D eigenvalue weighted by Gasteiger charge is 2.51. The first-order valence-corrected chi connectivity index (χ1v) is 15.6. The summed E-state index contributed by atoms with van der Waals surface area (Å²) < 4.78 is 6.22. The fourth-order valence-electron chi connectivity index (χ4n) is 8.71. The van der Waals surface area contributed by atoms with E-state index in [1.54, 1.807) is 4.90 Å². The Bertz CT molecular complexity index is 752. The lowest BCUT2D eigenvalue weighted by Gasteiger charge is -2.62. The smallest absolute Gasteiger partial charge is 0.226 e. The van der Waals surface area contributed by atoms with Crippen molar-refractivity contribution in [2.45, 2.75) is 181 Å². The van der Waals surface area contributed by atoms with Crippen LogP contribution in [-0.4, -0.2) is 85.4 Å². The molecule has 0 radical (unpaired) electrons. The van der Waals surface area contributed by atoms with E-state index >= 15 is 0 Å². The van der Waals surface area contributed by atoms with Crippen LogP contribution in [-0.2, 0) is 9.53 Å². The Morgan fingerprint density at radius 1 is 0.868 bits per heavy atom. The number of hydrogen-bond donors (Lipinski definition) is 1. The van der Waals surface area contributed by atoms with Crippen molar-refractivity contribution < 1.29 is 14.6 Å². The van der Waals surface area contributed by atoms with E-state index in [2.05, 4.69) is 92.9 Å². The molecule has 2 saturated heterocycles. The molecular weight excluding hydrogens is 474 g/mol. The lowest BCUT2D eigenvalue weighted by Crippen LogP contribution is -2.68. The predicted molar refractivity (Wildman–Crippen MR) is 159 cm³/mol. The molecule has 1 N–H and O–H groups in total. The molecule has 1 unspecified atom stereocenters. The van der Waals surface area contributed by atoms with Gasteiger partial charge in [-0.05, 0) is 107 Å². The molecule has 38 heavy (non-hydrogen) atoms. The van der Waals surface area contributed by atoms with Crippen molar-refractivity contribution in [3.63, 3.8) is 0 Å². The Kier molecular flexibility index (Phi) is 11.0. The average molecular weight is 538 g/mol. The number of β-amino-alcohol motifs (C(OH)–C–C–N with tert-alkyl or cyclic N) is 1. The number of rotatable bonds is 10. The van der Waals surface area contributed by atoms with Gasteiger partial charge in [0.25, 0.3) is 0 Å². The molecule has 2 heterocycles. The van der Waals surface area contributed by atoms with Crippen LogP contribution in [0.1, 0.15) is 141 Å². The topological polar surface area (TPSA) is 56.2 Å². The van der Waals surface area contributed by atoms with Crippen LogP contribution in [0.5, 0.6) is 0 Å². The van der Waals surface area contributed by atoms with Crippen molar-refractivity contribution >= 4 is 5.91 Å². The summed E-state index contributed by atoms with van der Waals surface area (Å²) in [6.07, 6.45) is 8.08. The molecule has 224 valence electrons. The lowest BCUT2D eigenvalue weighted by atomic mass is 9.71. The standard InChI is InChI=1S/C32H63N3O3/c1-13-25(14-2)34-30(9,10)21-27(37)33(24-38-23-31(34,11)12)22-26(36)20-32(15-3,16-4)35-28(5,6)18-17-19-29(35,7)8/h25-26,36H,13-24H2,1-12H3. The summed E-state index contributed by atoms with van der Waals surface area (Å²) in [4.78, 5) is 20.8. The maximum absolute atomic E-state index is 13.7. The van der Waals surface area contributed by atoms with Crippen molar-refractivity contribution in [2.75, 3.05) is 19.9 Å². The zero-order chi connectivity index (χ0) is 29.2. The van der Waals surface area contributed by atoms with Gasteiger partial charge in [-0.3, -0.25) is 14.6 Å². The van der Waals surface area contributed by atoms with Gasteiger partial charge in [-0.25, -0.2) is 0 Å². The van der Waals surface area contributed by atoms with E-state index in [0.29, 0.717) is 32.0 Å². The number of likely N-dealkylation sites (tertiary alicyclic amines) is 1. The number of piperidine rings is 1. The zero-order valence-corrected chi connectivity index (χ0v) is 27.2. The molecule has 0 spiro atoms. The Morgan fingerprint density at radius 2 is 1.39 bits per heavy atom. The summed E-state index contributed by atoms with van der Waals surface area (Å²) in [6, 6.07) is 0.388. The van der Waals surface area contributed by atoms with Crippen LogP contribution in [0.25, 0.3) is 0 Å². The van der Waals surface area contributed by atoms with Crippen LogP contribution in [0.15, 0.2) is 0 Å². The normalized spacial score (nSPS) is 25.6. The fraction of sp³-hybridized carbons (Fsp3) is 0.969. The van der Waals surface area contributed by atoms with Crippen molar-refractivity contribution in [3.8, 4) is 0 Å². The van der Waals surface area contributed by atoms with Crippen LogP contribution >= 0.6 is 0 Å². The second-order valence-corrected chi connectivity index (χ2v) is 14.8.